The molecule has 118 valence electrons. The molecule has 1 aliphatic carbocycles. The van der Waals surface area contributed by atoms with Gasteiger partial charge >= 0.3 is 6.09 Å². The minimum Gasteiger partial charge on any atom is -0.445 e. The fourth-order valence-electron chi connectivity index (χ4n) is 3.06. The Morgan fingerprint density at radius 3 is 2.50 bits per heavy atom. The van der Waals surface area contributed by atoms with Crippen molar-refractivity contribution in [3.05, 3.63) is 35.4 Å². The van der Waals surface area contributed by atoms with E-state index in [-0.39, 0.29) is 12.5 Å². The molecular formula is C17H22N2O3. The first-order valence-electron chi connectivity index (χ1n) is 8.02. The number of carbonyl (C=O) groups excluding carboxylic acids is 2. The normalized spacial score (nSPS) is 21.6. The predicted octanol–water partition coefficient (Wildman–Crippen LogP) is 2.46. The number of hydrogen-bond acceptors (Lipinski definition) is 3. The quantitative estimate of drug-likeness (QED) is 0.840. The molecule has 0 radical (unpaired) electrons. The SMILES string of the molecule is O=C(N[C@@H]1CNC1=O)OCc1ccc(C2CCCCC2)cc1. The van der Waals surface area contributed by atoms with Crippen LogP contribution in [0.2, 0.25) is 0 Å². The lowest BCUT2D eigenvalue weighted by molar-refractivity contribution is -0.128. The Morgan fingerprint density at radius 1 is 1.18 bits per heavy atom. The van der Waals surface area contributed by atoms with Gasteiger partial charge in [0.25, 0.3) is 0 Å². The van der Waals surface area contributed by atoms with Crippen LogP contribution in [-0.4, -0.2) is 24.6 Å². The van der Waals surface area contributed by atoms with E-state index in [4.69, 9.17) is 4.74 Å². The smallest absolute Gasteiger partial charge is 0.408 e. The van der Waals surface area contributed by atoms with Crippen LogP contribution in [-0.2, 0) is 16.1 Å². The molecule has 0 aromatic heterocycles. The van der Waals surface area contributed by atoms with Crippen LogP contribution in [0.15, 0.2) is 24.3 Å². The fourth-order valence-corrected chi connectivity index (χ4v) is 3.06. The largest absolute Gasteiger partial charge is 0.445 e. The average molecular weight is 302 g/mol. The van der Waals surface area contributed by atoms with E-state index in [0.29, 0.717) is 12.5 Å². The Morgan fingerprint density at radius 2 is 1.91 bits per heavy atom. The van der Waals surface area contributed by atoms with Crippen molar-refractivity contribution in [1.29, 1.82) is 0 Å². The Kier molecular flexibility index (Phi) is 4.61. The summed E-state index contributed by atoms with van der Waals surface area (Å²) in [4.78, 5) is 22.6. The van der Waals surface area contributed by atoms with Gasteiger partial charge in [0.2, 0.25) is 5.91 Å². The van der Waals surface area contributed by atoms with Crippen molar-refractivity contribution in [2.24, 2.45) is 0 Å². The summed E-state index contributed by atoms with van der Waals surface area (Å²) in [5, 5.41) is 5.09. The van der Waals surface area contributed by atoms with Crippen molar-refractivity contribution in [2.75, 3.05) is 6.54 Å². The zero-order chi connectivity index (χ0) is 15.4. The van der Waals surface area contributed by atoms with Gasteiger partial charge in [0, 0.05) is 6.54 Å². The van der Waals surface area contributed by atoms with Crippen LogP contribution in [0, 0.1) is 0 Å². The lowest BCUT2D eigenvalue weighted by atomic mass is 9.84. The van der Waals surface area contributed by atoms with Gasteiger partial charge in [-0.2, -0.15) is 0 Å². The van der Waals surface area contributed by atoms with Gasteiger partial charge in [-0.1, -0.05) is 43.5 Å². The molecule has 5 heteroatoms. The third kappa shape index (κ3) is 3.59. The molecule has 1 heterocycles. The molecule has 0 bridgehead atoms. The number of hydrogen-bond donors (Lipinski definition) is 2. The predicted molar refractivity (Wildman–Crippen MR) is 82.4 cm³/mol. The highest BCUT2D eigenvalue weighted by atomic mass is 16.5. The van der Waals surface area contributed by atoms with Crippen LogP contribution in [0.4, 0.5) is 4.79 Å². The van der Waals surface area contributed by atoms with Gasteiger partial charge in [-0.25, -0.2) is 4.79 Å². The van der Waals surface area contributed by atoms with E-state index >= 15 is 0 Å². The number of amides is 2. The molecule has 1 atom stereocenters. The highest BCUT2D eigenvalue weighted by molar-refractivity contribution is 5.90. The van der Waals surface area contributed by atoms with E-state index in [1.807, 2.05) is 12.1 Å². The summed E-state index contributed by atoms with van der Waals surface area (Å²) >= 11 is 0. The summed E-state index contributed by atoms with van der Waals surface area (Å²) in [7, 11) is 0. The second kappa shape index (κ2) is 6.81. The fraction of sp³-hybridized carbons (Fsp3) is 0.529. The standard InChI is InChI=1S/C17H22N2O3/c20-16-15(10-18-16)19-17(21)22-11-12-6-8-14(9-7-12)13-4-2-1-3-5-13/h6-9,13,15H,1-5,10-11H2,(H,18,20)(H,19,21)/t15-/m1/s1. The summed E-state index contributed by atoms with van der Waals surface area (Å²) in [5.74, 6) is 0.526. The highest BCUT2D eigenvalue weighted by Crippen LogP contribution is 2.32. The van der Waals surface area contributed by atoms with E-state index in [9.17, 15) is 9.59 Å². The second-order valence-electron chi connectivity index (χ2n) is 6.09. The van der Waals surface area contributed by atoms with Gasteiger partial charge in [0.15, 0.2) is 0 Å². The van der Waals surface area contributed by atoms with Gasteiger partial charge in [-0.15, -0.1) is 0 Å². The van der Waals surface area contributed by atoms with E-state index in [0.717, 1.165) is 5.56 Å². The molecule has 1 aromatic carbocycles. The van der Waals surface area contributed by atoms with Crippen LogP contribution in [0.25, 0.3) is 0 Å². The number of rotatable bonds is 4. The topological polar surface area (TPSA) is 67.4 Å². The van der Waals surface area contributed by atoms with Crippen molar-refractivity contribution in [3.8, 4) is 0 Å². The molecule has 3 rings (SSSR count). The Labute approximate surface area is 130 Å². The van der Waals surface area contributed by atoms with Crippen molar-refractivity contribution < 1.29 is 14.3 Å². The van der Waals surface area contributed by atoms with Crippen LogP contribution in [0.3, 0.4) is 0 Å². The molecule has 2 fully saturated rings. The molecule has 1 saturated heterocycles. The summed E-state index contributed by atoms with van der Waals surface area (Å²) in [5.41, 5.74) is 2.35. The molecule has 2 aliphatic rings. The molecule has 0 spiro atoms. The van der Waals surface area contributed by atoms with E-state index in [1.54, 1.807) is 0 Å². The van der Waals surface area contributed by atoms with Crippen molar-refractivity contribution in [2.45, 2.75) is 50.7 Å². The molecule has 1 aromatic rings. The van der Waals surface area contributed by atoms with Gasteiger partial charge in [-0.3, -0.25) is 4.79 Å². The minimum atomic E-state index is -0.545. The number of β-lactam (4-membered cyclic amide) rings is 1. The van der Waals surface area contributed by atoms with Gasteiger partial charge in [0.1, 0.15) is 12.6 Å². The molecule has 2 amide bonds. The van der Waals surface area contributed by atoms with Crippen molar-refractivity contribution in [1.82, 2.24) is 10.6 Å². The van der Waals surface area contributed by atoms with Gasteiger partial charge in [0.05, 0.1) is 0 Å². The van der Waals surface area contributed by atoms with Crippen LogP contribution in [0.1, 0.15) is 49.1 Å². The summed E-state index contributed by atoms with van der Waals surface area (Å²) < 4.78 is 5.14. The first-order valence-corrected chi connectivity index (χ1v) is 8.02. The monoisotopic (exact) mass is 302 g/mol. The zero-order valence-electron chi connectivity index (χ0n) is 12.6. The minimum absolute atomic E-state index is 0.159. The van der Waals surface area contributed by atoms with Crippen LogP contribution in [0.5, 0.6) is 0 Å². The Balaban J connectivity index is 1.46. The number of alkyl carbamates (subject to hydrolysis) is 1. The number of carbonyl (C=O) groups is 2. The molecule has 2 N–H and O–H groups in total. The zero-order valence-corrected chi connectivity index (χ0v) is 12.6. The molecule has 1 aliphatic heterocycles. The number of nitrogens with one attached hydrogen (secondary N) is 2. The Bertz CT molecular complexity index is 535. The molecule has 1 saturated carbocycles. The first kappa shape index (κ1) is 14.9. The highest BCUT2D eigenvalue weighted by Gasteiger charge is 2.29. The Hall–Kier alpha value is -2.04. The lowest BCUT2D eigenvalue weighted by Crippen LogP contribution is -2.61. The van der Waals surface area contributed by atoms with Crippen LogP contribution >= 0.6 is 0 Å². The first-order chi connectivity index (χ1) is 10.7. The summed E-state index contributed by atoms with van der Waals surface area (Å²) in [6.07, 6.45) is 6.02. The molecule has 0 unspecified atom stereocenters. The lowest BCUT2D eigenvalue weighted by Gasteiger charge is -2.26. The second-order valence-corrected chi connectivity index (χ2v) is 6.09. The maximum atomic E-state index is 11.6. The van der Waals surface area contributed by atoms with E-state index in [1.165, 1.54) is 37.7 Å². The number of benzene rings is 1. The van der Waals surface area contributed by atoms with E-state index in [2.05, 4.69) is 22.8 Å². The van der Waals surface area contributed by atoms with Gasteiger partial charge in [-0.05, 0) is 29.9 Å². The van der Waals surface area contributed by atoms with Crippen molar-refractivity contribution in [3.63, 3.8) is 0 Å². The summed E-state index contributed by atoms with van der Waals surface area (Å²) in [6, 6.07) is 7.89. The molecule has 5 nitrogen and oxygen atoms in total. The summed E-state index contributed by atoms with van der Waals surface area (Å²) in [6.45, 7) is 0.704. The third-order valence-electron chi connectivity index (χ3n) is 4.52. The van der Waals surface area contributed by atoms with Crippen LogP contribution < -0.4 is 10.6 Å². The maximum Gasteiger partial charge on any atom is 0.408 e. The molecule has 22 heavy (non-hydrogen) atoms. The maximum absolute atomic E-state index is 11.6. The molecular weight excluding hydrogens is 280 g/mol. The third-order valence-corrected chi connectivity index (χ3v) is 4.52. The number of ether oxygens (including phenoxy) is 1. The average Bonchev–Trinajstić information content (AvgIpc) is 2.58. The van der Waals surface area contributed by atoms with Crippen molar-refractivity contribution >= 4 is 12.0 Å². The van der Waals surface area contributed by atoms with E-state index < -0.39 is 12.1 Å². The van der Waals surface area contributed by atoms with Gasteiger partial charge < -0.3 is 15.4 Å².